The monoisotopic (exact) mass is 349 g/mol. The number of fused-ring (bicyclic) bond motifs is 1. The highest BCUT2D eigenvalue weighted by atomic mass is 79.9. The van der Waals surface area contributed by atoms with Gasteiger partial charge in [-0.3, -0.25) is 4.68 Å². The summed E-state index contributed by atoms with van der Waals surface area (Å²) in [6.45, 7) is 1.75. The van der Waals surface area contributed by atoms with Crippen molar-refractivity contribution in [2.45, 2.75) is 25.3 Å². The average Bonchev–Trinajstić information content (AvgIpc) is 2.77. The largest absolute Gasteiger partial charge is 0.493 e. The third-order valence-corrected chi connectivity index (χ3v) is 4.30. The molecule has 0 bridgehead atoms. The standard InChI is InChI=1S/C16H20BrN3O/c1-20-11-12(10-19-20)6-7-18-15-3-2-8-21-16-9-13(17)4-5-14(15)16/h4-5,9-11,15,18H,2-3,6-8H2,1H3. The molecule has 1 aliphatic rings. The second-order valence-electron chi connectivity index (χ2n) is 5.45. The van der Waals surface area contributed by atoms with E-state index in [1.807, 2.05) is 17.9 Å². The highest BCUT2D eigenvalue weighted by molar-refractivity contribution is 9.10. The number of hydrogen-bond donors (Lipinski definition) is 1. The quantitative estimate of drug-likeness (QED) is 0.920. The highest BCUT2D eigenvalue weighted by Crippen LogP contribution is 2.33. The molecular weight excluding hydrogens is 330 g/mol. The summed E-state index contributed by atoms with van der Waals surface area (Å²) < 4.78 is 8.76. The van der Waals surface area contributed by atoms with Crippen LogP contribution >= 0.6 is 15.9 Å². The summed E-state index contributed by atoms with van der Waals surface area (Å²) in [5.41, 5.74) is 2.53. The fourth-order valence-electron chi connectivity index (χ4n) is 2.75. The number of nitrogens with one attached hydrogen (secondary N) is 1. The van der Waals surface area contributed by atoms with Crippen molar-refractivity contribution in [2.24, 2.45) is 7.05 Å². The van der Waals surface area contributed by atoms with E-state index in [1.165, 1.54) is 11.1 Å². The summed E-state index contributed by atoms with van der Waals surface area (Å²) in [6, 6.07) is 6.68. The normalized spacial score (nSPS) is 17.9. The molecule has 2 heterocycles. The van der Waals surface area contributed by atoms with E-state index < -0.39 is 0 Å². The number of hydrogen-bond acceptors (Lipinski definition) is 3. The van der Waals surface area contributed by atoms with Crippen molar-refractivity contribution in [2.75, 3.05) is 13.2 Å². The average molecular weight is 350 g/mol. The second-order valence-corrected chi connectivity index (χ2v) is 6.37. The van der Waals surface area contributed by atoms with Crippen molar-refractivity contribution in [1.29, 1.82) is 0 Å². The van der Waals surface area contributed by atoms with Crippen LogP contribution in [-0.2, 0) is 13.5 Å². The van der Waals surface area contributed by atoms with Gasteiger partial charge in [-0.1, -0.05) is 22.0 Å². The molecule has 1 aromatic heterocycles. The molecule has 1 unspecified atom stereocenters. The number of ether oxygens (including phenoxy) is 1. The lowest BCUT2D eigenvalue weighted by Crippen LogP contribution is -2.23. The van der Waals surface area contributed by atoms with Crippen molar-refractivity contribution in [3.8, 4) is 5.75 Å². The van der Waals surface area contributed by atoms with Crippen molar-refractivity contribution >= 4 is 15.9 Å². The Morgan fingerprint density at radius 2 is 2.38 bits per heavy atom. The van der Waals surface area contributed by atoms with Gasteiger partial charge in [0.2, 0.25) is 0 Å². The van der Waals surface area contributed by atoms with Crippen molar-refractivity contribution in [1.82, 2.24) is 15.1 Å². The maximum absolute atomic E-state index is 5.84. The van der Waals surface area contributed by atoms with Crippen LogP contribution < -0.4 is 10.1 Å². The zero-order valence-electron chi connectivity index (χ0n) is 12.2. The number of nitrogens with zero attached hydrogens (tertiary/aromatic N) is 2. The molecule has 2 aromatic rings. The first-order chi connectivity index (χ1) is 10.2. The van der Waals surface area contributed by atoms with Crippen LogP contribution in [0, 0.1) is 0 Å². The van der Waals surface area contributed by atoms with Crippen molar-refractivity contribution in [3.63, 3.8) is 0 Å². The van der Waals surface area contributed by atoms with Crippen molar-refractivity contribution in [3.05, 3.63) is 46.2 Å². The summed E-state index contributed by atoms with van der Waals surface area (Å²) >= 11 is 3.51. The van der Waals surface area contributed by atoms with Crippen LogP contribution in [0.3, 0.4) is 0 Å². The maximum atomic E-state index is 5.84. The number of aryl methyl sites for hydroxylation is 1. The van der Waals surface area contributed by atoms with Gasteiger partial charge in [0.1, 0.15) is 5.75 Å². The van der Waals surface area contributed by atoms with E-state index in [-0.39, 0.29) is 0 Å². The minimum atomic E-state index is 0.368. The Kier molecular flexibility index (Phi) is 4.60. The predicted octanol–water partition coefficient (Wildman–Crippen LogP) is 3.23. The molecule has 1 aromatic carbocycles. The molecular formula is C16H20BrN3O. The molecule has 0 radical (unpaired) electrons. The summed E-state index contributed by atoms with van der Waals surface area (Å²) in [6.07, 6.45) is 7.20. The van der Waals surface area contributed by atoms with E-state index in [4.69, 9.17) is 4.74 Å². The molecule has 3 rings (SSSR count). The lowest BCUT2D eigenvalue weighted by Gasteiger charge is -2.18. The van der Waals surface area contributed by atoms with Gasteiger partial charge in [-0.15, -0.1) is 0 Å². The van der Waals surface area contributed by atoms with Gasteiger partial charge in [-0.05, 0) is 43.5 Å². The van der Waals surface area contributed by atoms with Crippen LogP contribution in [0.1, 0.15) is 30.0 Å². The van der Waals surface area contributed by atoms with Gasteiger partial charge >= 0.3 is 0 Å². The third-order valence-electron chi connectivity index (χ3n) is 3.81. The molecule has 0 spiro atoms. The van der Waals surface area contributed by atoms with Crippen LogP contribution in [0.2, 0.25) is 0 Å². The summed E-state index contributed by atoms with van der Waals surface area (Å²) in [5.74, 6) is 1.00. The molecule has 1 atom stereocenters. The fraction of sp³-hybridized carbons (Fsp3) is 0.438. The first-order valence-corrected chi connectivity index (χ1v) is 8.15. The van der Waals surface area contributed by atoms with E-state index in [1.54, 1.807) is 0 Å². The van der Waals surface area contributed by atoms with Gasteiger partial charge in [-0.25, -0.2) is 0 Å². The van der Waals surface area contributed by atoms with Crippen LogP contribution in [0.4, 0.5) is 0 Å². The molecule has 112 valence electrons. The zero-order valence-corrected chi connectivity index (χ0v) is 13.8. The smallest absolute Gasteiger partial charge is 0.125 e. The van der Waals surface area contributed by atoms with E-state index >= 15 is 0 Å². The molecule has 0 aliphatic carbocycles. The van der Waals surface area contributed by atoms with Gasteiger partial charge in [0.25, 0.3) is 0 Å². The Morgan fingerprint density at radius 1 is 1.48 bits per heavy atom. The number of aromatic nitrogens is 2. The second kappa shape index (κ2) is 6.62. The van der Waals surface area contributed by atoms with E-state index in [0.29, 0.717) is 6.04 Å². The van der Waals surface area contributed by atoms with E-state index in [0.717, 1.165) is 42.6 Å². The van der Waals surface area contributed by atoms with Crippen LogP contribution in [0.25, 0.3) is 0 Å². The third kappa shape index (κ3) is 3.66. The Hall–Kier alpha value is -1.33. The zero-order chi connectivity index (χ0) is 14.7. The number of benzene rings is 1. The number of halogens is 1. The lowest BCUT2D eigenvalue weighted by molar-refractivity contribution is 0.315. The maximum Gasteiger partial charge on any atom is 0.125 e. The number of rotatable bonds is 4. The van der Waals surface area contributed by atoms with Gasteiger partial charge in [0.15, 0.2) is 0 Å². The predicted molar refractivity (Wildman–Crippen MR) is 86.5 cm³/mol. The van der Waals surface area contributed by atoms with Crippen LogP contribution in [0.5, 0.6) is 5.75 Å². The summed E-state index contributed by atoms with van der Waals surface area (Å²) in [7, 11) is 1.95. The Balaban J connectivity index is 1.65. The first-order valence-electron chi connectivity index (χ1n) is 7.35. The molecule has 0 amide bonds. The Morgan fingerprint density at radius 3 is 3.19 bits per heavy atom. The first kappa shape index (κ1) is 14.6. The van der Waals surface area contributed by atoms with Crippen LogP contribution in [0.15, 0.2) is 35.1 Å². The highest BCUT2D eigenvalue weighted by Gasteiger charge is 2.19. The van der Waals surface area contributed by atoms with Gasteiger partial charge < -0.3 is 10.1 Å². The summed E-state index contributed by atoms with van der Waals surface area (Å²) in [4.78, 5) is 0. The molecule has 0 saturated heterocycles. The molecule has 0 fully saturated rings. The molecule has 0 saturated carbocycles. The topological polar surface area (TPSA) is 39.1 Å². The molecule has 1 N–H and O–H groups in total. The minimum Gasteiger partial charge on any atom is -0.493 e. The summed E-state index contributed by atoms with van der Waals surface area (Å²) in [5, 5.41) is 7.87. The minimum absolute atomic E-state index is 0.368. The lowest BCUT2D eigenvalue weighted by atomic mass is 10.0. The molecule has 1 aliphatic heterocycles. The van der Waals surface area contributed by atoms with Gasteiger partial charge in [0.05, 0.1) is 12.8 Å². The Labute approximate surface area is 133 Å². The van der Waals surface area contributed by atoms with Crippen molar-refractivity contribution < 1.29 is 4.74 Å². The van der Waals surface area contributed by atoms with E-state index in [2.05, 4.69) is 50.7 Å². The van der Waals surface area contributed by atoms with Gasteiger partial charge in [-0.2, -0.15) is 5.10 Å². The molecule has 5 heteroatoms. The molecule has 4 nitrogen and oxygen atoms in total. The van der Waals surface area contributed by atoms with E-state index in [9.17, 15) is 0 Å². The van der Waals surface area contributed by atoms with Gasteiger partial charge in [0, 0.05) is 29.3 Å². The molecule has 21 heavy (non-hydrogen) atoms. The van der Waals surface area contributed by atoms with Crippen LogP contribution in [-0.4, -0.2) is 22.9 Å². The fourth-order valence-corrected chi connectivity index (χ4v) is 3.09. The Bertz CT molecular complexity index is 611. The SMILES string of the molecule is Cn1cc(CCNC2CCCOc3cc(Br)ccc32)cn1.